The first-order valence-corrected chi connectivity index (χ1v) is 7.10. The van der Waals surface area contributed by atoms with Crippen molar-refractivity contribution in [3.63, 3.8) is 0 Å². The molecule has 1 aliphatic rings. The van der Waals surface area contributed by atoms with Crippen LogP contribution >= 0.6 is 0 Å². The minimum absolute atomic E-state index is 0.0127. The second kappa shape index (κ2) is 6.66. The molecule has 1 saturated heterocycles. The molecule has 1 aliphatic heterocycles. The summed E-state index contributed by atoms with van der Waals surface area (Å²) in [6.07, 6.45) is 0.0127. The zero-order chi connectivity index (χ0) is 13.6. The van der Waals surface area contributed by atoms with E-state index in [4.69, 9.17) is 9.84 Å². The van der Waals surface area contributed by atoms with Gasteiger partial charge < -0.3 is 14.7 Å². The van der Waals surface area contributed by atoms with Crippen molar-refractivity contribution in [1.82, 2.24) is 9.62 Å². The molecule has 0 radical (unpaired) electrons. The highest BCUT2D eigenvalue weighted by Gasteiger charge is 2.18. The van der Waals surface area contributed by atoms with E-state index >= 15 is 0 Å². The van der Waals surface area contributed by atoms with Crippen LogP contribution in [0.4, 0.5) is 0 Å². The molecule has 18 heavy (non-hydrogen) atoms. The summed E-state index contributed by atoms with van der Waals surface area (Å²) in [7, 11) is -3.85. The van der Waals surface area contributed by atoms with Crippen molar-refractivity contribution in [2.24, 2.45) is 0 Å². The van der Waals surface area contributed by atoms with Gasteiger partial charge in [0.25, 0.3) is 0 Å². The second-order valence-electron chi connectivity index (χ2n) is 3.79. The van der Waals surface area contributed by atoms with Crippen LogP contribution in [0.5, 0.6) is 0 Å². The Kier molecular flexibility index (Phi) is 5.51. The number of hydrogen-bond donors (Lipinski definition) is 2. The van der Waals surface area contributed by atoms with E-state index in [1.54, 1.807) is 4.90 Å². The number of nitrogens with zero attached hydrogens (tertiary/aromatic N) is 1. The maximum atomic E-state index is 11.6. The number of ether oxygens (including phenoxy) is 1. The number of hydrogen-bond acceptors (Lipinski definition) is 5. The molecule has 1 fully saturated rings. The molecule has 0 aromatic rings. The van der Waals surface area contributed by atoms with Crippen LogP contribution < -0.4 is 4.72 Å². The van der Waals surface area contributed by atoms with Gasteiger partial charge in [-0.3, -0.25) is 9.59 Å². The van der Waals surface area contributed by atoms with Crippen molar-refractivity contribution in [3.8, 4) is 0 Å². The fraction of sp³-hybridized carbons (Fsp3) is 0.778. The van der Waals surface area contributed by atoms with Gasteiger partial charge in [-0.1, -0.05) is 0 Å². The summed E-state index contributed by atoms with van der Waals surface area (Å²) in [4.78, 5) is 23.5. The van der Waals surface area contributed by atoms with Crippen molar-refractivity contribution in [2.75, 3.05) is 38.6 Å². The minimum atomic E-state index is -3.85. The molecular formula is C9H16N2O6S. The van der Waals surface area contributed by atoms with E-state index in [0.717, 1.165) is 0 Å². The molecule has 104 valence electrons. The number of nitrogens with one attached hydrogen (secondary N) is 1. The number of carbonyl (C=O) groups excluding carboxylic acids is 1. The van der Waals surface area contributed by atoms with Gasteiger partial charge in [0.1, 0.15) is 0 Å². The van der Waals surface area contributed by atoms with E-state index in [9.17, 15) is 18.0 Å². The molecule has 0 bridgehead atoms. The van der Waals surface area contributed by atoms with E-state index in [1.807, 2.05) is 0 Å². The Balaban J connectivity index is 2.28. The van der Waals surface area contributed by atoms with Crippen molar-refractivity contribution < 1.29 is 27.9 Å². The second-order valence-corrected chi connectivity index (χ2v) is 5.60. The highest BCUT2D eigenvalue weighted by molar-refractivity contribution is 7.90. The van der Waals surface area contributed by atoms with Gasteiger partial charge in [-0.2, -0.15) is 0 Å². The molecule has 0 aromatic carbocycles. The largest absolute Gasteiger partial charge is 0.480 e. The first kappa shape index (κ1) is 14.9. The van der Waals surface area contributed by atoms with E-state index < -0.39 is 21.7 Å². The van der Waals surface area contributed by atoms with Crippen LogP contribution in [0.1, 0.15) is 6.42 Å². The Bertz CT molecular complexity index is 401. The number of carboxylic acid groups (broad SMARTS) is 1. The zero-order valence-corrected chi connectivity index (χ0v) is 10.6. The maximum absolute atomic E-state index is 11.6. The van der Waals surface area contributed by atoms with Gasteiger partial charge in [0.05, 0.1) is 13.2 Å². The van der Waals surface area contributed by atoms with Gasteiger partial charge in [-0.25, -0.2) is 13.1 Å². The van der Waals surface area contributed by atoms with Crippen LogP contribution in [0, 0.1) is 0 Å². The Morgan fingerprint density at radius 1 is 1.28 bits per heavy atom. The lowest BCUT2D eigenvalue weighted by atomic mass is 10.3. The topological polar surface area (TPSA) is 113 Å². The monoisotopic (exact) mass is 280 g/mol. The van der Waals surface area contributed by atoms with E-state index in [1.165, 1.54) is 0 Å². The van der Waals surface area contributed by atoms with Crippen molar-refractivity contribution in [2.45, 2.75) is 6.42 Å². The molecule has 0 saturated carbocycles. The normalized spacial score (nSPS) is 16.6. The SMILES string of the molecule is O=C(O)CS(=O)(=O)NCCC(=O)N1CCOCC1. The molecule has 0 atom stereocenters. The van der Waals surface area contributed by atoms with E-state index in [0.29, 0.717) is 26.3 Å². The quantitative estimate of drug-likeness (QED) is 0.596. The van der Waals surface area contributed by atoms with Crippen LogP contribution in [-0.2, 0) is 24.3 Å². The van der Waals surface area contributed by atoms with Gasteiger partial charge in [0, 0.05) is 26.1 Å². The van der Waals surface area contributed by atoms with Gasteiger partial charge in [-0.15, -0.1) is 0 Å². The van der Waals surface area contributed by atoms with Crippen LogP contribution in [0.25, 0.3) is 0 Å². The third-order valence-electron chi connectivity index (χ3n) is 2.34. The van der Waals surface area contributed by atoms with Crippen LogP contribution in [0.15, 0.2) is 0 Å². The smallest absolute Gasteiger partial charge is 0.320 e. The molecule has 0 unspecified atom stereocenters. The average molecular weight is 280 g/mol. The lowest BCUT2D eigenvalue weighted by molar-refractivity contribution is -0.135. The minimum Gasteiger partial charge on any atom is -0.480 e. The number of morpholine rings is 1. The fourth-order valence-electron chi connectivity index (χ4n) is 1.50. The van der Waals surface area contributed by atoms with Crippen LogP contribution in [-0.4, -0.2) is 68.9 Å². The molecule has 8 nitrogen and oxygen atoms in total. The van der Waals surface area contributed by atoms with Crippen molar-refractivity contribution in [3.05, 3.63) is 0 Å². The lowest BCUT2D eigenvalue weighted by Crippen LogP contribution is -2.42. The average Bonchev–Trinajstić information content (AvgIpc) is 2.28. The summed E-state index contributed by atoms with van der Waals surface area (Å²) in [5, 5.41) is 8.35. The van der Waals surface area contributed by atoms with E-state index in [2.05, 4.69) is 4.72 Å². The number of sulfonamides is 1. The number of rotatable bonds is 6. The Morgan fingerprint density at radius 3 is 2.44 bits per heavy atom. The molecule has 0 spiro atoms. The zero-order valence-electron chi connectivity index (χ0n) is 9.79. The standard InChI is InChI=1S/C9H16N2O6S/c12-8(11-3-5-17-6-4-11)1-2-10-18(15,16)7-9(13)14/h10H,1-7H2,(H,13,14). The molecule has 1 rings (SSSR count). The Hall–Kier alpha value is -1.19. The molecule has 2 N–H and O–H groups in total. The van der Waals surface area contributed by atoms with Gasteiger partial charge in [0.15, 0.2) is 5.75 Å². The highest BCUT2D eigenvalue weighted by atomic mass is 32.2. The number of carbonyl (C=O) groups is 2. The predicted molar refractivity (Wildman–Crippen MR) is 61.4 cm³/mol. The molecule has 9 heteroatoms. The fourth-order valence-corrected chi connectivity index (χ4v) is 2.34. The molecule has 1 heterocycles. The third-order valence-corrected chi connectivity index (χ3v) is 3.61. The Labute approximate surface area is 105 Å². The lowest BCUT2D eigenvalue weighted by Gasteiger charge is -2.26. The molecule has 1 amide bonds. The van der Waals surface area contributed by atoms with Gasteiger partial charge in [-0.05, 0) is 0 Å². The van der Waals surface area contributed by atoms with Crippen molar-refractivity contribution in [1.29, 1.82) is 0 Å². The Morgan fingerprint density at radius 2 is 1.89 bits per heavy atom. The molecule has 0 aliphatic carbocycles. The summed E-state index contributed by atoms with van der Waals surface area (Å²) in [5.74, 6) is -2.59. The van der Waals surface area contributed by atoms with Gasteiger partial charge >= 0.3 is 5.97 Å². The van der Waals surface area contributed by atoms with Crippen molar-refractivity contribution >= 4 is 21.9 Å². The van der Waals surface area contributed by atoms with Gasteiger partial charge in [0.2, 0.25) is 15.9 Å². The number of amides is 1. The summed E-state index contributed by atoms with van der Waals surface area (Å²) >= 11 is 0. The third kappa shape index (κ3) is 5.43. The van der Waals surface area contributed by atoms with E-state index in [-0.39, 0.29) is 18.9 Å². The van der Waals surface area contributed by atoms with Crippen LogP contribution in [0.3, 0.4) is 0 Å². The molecular weight excluding hydrogens is 264 g/mol. The first-order chi connectivity index (χ1) is 8.41. The first-order valence-electron chi connectivity index (χ1n) is 5.45. The summed E-state index contributed by atoms with van der Waals surface area (Å²) in [6, 6.07) is 0. The highest BCUT2D eigenvalue weighted by Crippen LogP contribution is 1.99. The van der Waals surface area contributed by atoms with Crippen LogP contribution in [0.2, 0.25) is 0 Å². The summed E-state index contributed by atoms with van der Waals surface area (Å²) < 4.78 is 29.5. The predicted octanol–water partition coefficient (Wildman–Crippen LogP) is -1.76. The number of carboxylic acids is 1. The number of aliphatic carboxylic acids is 1. The summed E-state index contributed by atoms with van der Waals surface area (Å²) in [6.45, 7) is 1.88. The molecule has 0 aromatic heterocycles. The maximum Gasteiger partial charge on any atom is 0.320 e. The summed E-state index contributed by atoms with van der Waals surface area (Å²) in [5.41, 5.74) is 0.